The van der Waals surface area contributed by atoms with Crippen LogP contribution in [0.4, 0.5) is 11.4 Å². The zero-order valence-corrected chi connectivity index (χ0v) is 19.9. The topological polar surface area (TPSA) is 89.1 Å². The normalized spacial score (nSPS) is 19.0. The zero-order valence-electron chi connectivity index (χ0n) is 19.9. The fourth-order valence-electron chi connectivity index (χ4n) is 4.93. The maximum absolute atomic E-state index is 13.7. The van der Waals surface area contributed by atoms with Gasteiger partial charge in [0.15, 0.2) is 17.3 Å². The number of nitrogens with one attached hydrogen (secondary N) is 2. The maximum atomic E-state index is 13.7. The maximum Gasteiger partial charge on any atom is 0.200 e. The molecule has 0 spiro atoms. The molecule has 35 heavy (non-hydrogen) atoms. The van der Waals surface area contributed by atoms with Gasteiger partial charge in [0.25, 0.3) is 0 Å². The van der Waals surface area contributed by atoms with Crippen LogP contribution in [0.3, 0.4) is 0 Å². The molecule has 3 N–H and O–H groups in total. The number of carbonyl (C=O) groups excluding carboxylic acids is 1. The minimum absolute atomic E-state index is 0.0504. The Morgan fingerprint density at radius 1 is 0.829 bits per heavy atom. The van der Waals surface area contributed by atoms with Crippen molar-refractivity contribution in [2.75, 3.05) is 32.0 Å². The van der Waals surface area contributed by atoms with E-state index in [9.17, 15) is 9.90 Å². The number of anilines is 2. The minimum Gasteiger partial charge on any atom is -0.502 e. The van der Waals surface area contributed by atoms with Crippen LogP contribution in [0.2, 0.25) is 0 Å². The number of aromatic hydroxyl groups is 1. The van der Waals surface area contributed by atoms with E-state index >= 15 is 0 Å². The molecule has 0 aromatic heterocycles. The fraction of sp³-hybridized carbons (Fsp3) is 0.250. The van der Waals surface area contributed by atoms with Crippen LogP contribution >= 0.6 is 0 Å². The molecule has 7 nitrogen and oxygen atoms in total. The highest BCUT2D eigenvalue weighted by atomic mass is 16.5. The van der Waals surface area contributed by atoms with Crippen molar-refractivity contribution in [1.29, 1.82) is 0 Å². The number of phenolic OH excluding ortho intramolecular Hbond substituents is 1. The number of methoxy groups -OCH3 is 3. The molecule has 0 amide bonds. The molecule has 5 rings (SSSR count). The van der Waals surface area contributed by atoms with Crippen molar-refractivity contribution in [2.24, 2.45) is 0 Å². The molecule has 7 heteroatoms. The fourth-order valence-corrected chi connectivity index (χ4v) is 4.93. The van der Waals surface area contributed by atoms with Gasteiger partial charge in [-0.15, -0.1) is 0 Å². The first kappa shape index (κ1) is 22.7. The van der Waals surface area contributed by atoms with Crippen LogP contribution in [-0.2, 0) is 4.79 Å². The van der Waals surface area contributed by atoms with Crippen molar-refractivity contribution in [3.8, 4) is 23.0 Å². The van der Waals surface area contributed by atoms with E-state index < -0.39 is 6.04 Å². The van der Waals surface area contributed by atoms with Crippen molar-refractivity contribution < 1.29 is 24.1 Å². The molecule has 3 aromatic carbocycles. The van der Waals surface area contributed by atoms with Gasteiger partial charge < -0.3 is 30.0 Å². The first-order valence-electron chi connectivity index (χ1n) is 11.5. The Bertz CT molecular complexity index is 1270. The molecular weight excluding hydrogens is 444 g/mol. The first-order chi connectivity index (χ1) is 17.0. The van der Waals surface area contributed by atoms with Gasteiger partial charge in [-0.05, 0) is 59.9 Å². The predicted molar refractivity (Wildman–Crippen MR) is 135 cm³/mol. The summed E-state index contributed by atoms with van der Waals surface area (Å²) in [5.74, 6) is 1.40. The molecular formula is C28H28N2O5. The molecule has 180 valence electrons. The molecule has 2 atom stereocenters. The average Bonchev–Trinajstić information content (AvgIpc) is 3.06. The predicted octanol–water partition coefficient (Wildman–Crippen LogP) is 5.40. The number of ether oxygens (including phenoxy) is 3. The summed E-state index contributed by atoms with van der Waals surface area (Å²) in [6.07, 6.45) is 1.08. The third-order valence-corrected chi connectivity index (χ3v) is 6.73. The molecule has 0 bridgehead atoms. The summed E-state index contributed by atoms with van der Waals surface area (Å²) >= 11 is 0. The van der Waals surface area contributed by atoms with Gasteiger partial charge in [0.1, 0.15) is 5.75 Å². The van der Waals surface area contributed by atoms with Crippen LogP contribution in [0.1, 0.15) is 35.9 Å². The summed E-state index contributed by atoms with van der Waals surface area (Å²) in [7, 11) is 4.63. The minimum atomic E-state index is -0.450. The van der Waals surface area contributed by atoms with Gasteiger partial charge in [0, 0.05) is 17.7 Å². The second-order valence-electron chi connectivity index (χ2n) is 8.72. The van der Waals surface area contributed by atoms with E-state index in [1.807, 2.05) is 48.5 Å². The van der Waals surface area contributed by atoms with Crippen LogP contribution in [0, 0.1) is 0 Å². The summed E-state index contributed by atoms with van der Waals surface area (Å²) < 4.78 is 16.1. The molecule has 0 radical (unpaired) electrons. The Morgan fingerprint density at radius 2 is 1.49 bits per heavy atom. The van der Waals surface area contributed by atoms with E-state index in [0.717, 1.165) is 33.9 Å². The summed E-state index contributed by atoms with van der Waals surface area (Å²) in [5.41, 5.74) is 5.22. The number of para-hydroxylation sites is 2. The molecule has 0 unspecified atom stereocenters. The summed E-state index contributed by atoms with van der Waals surface area (Å²) in [6.45, 7) is 0. The lowest BCUT2D eigenvalue weighted by Gasteiger charge is -2.30. The van der Waals surface area contributed by atoms with Gasteiger partial charge >= 0.3 is 0 Å². The van der Waals surface area contributed by atoms with Crippen molar-refractivity contribution in [3.63, 3.8) is 0 Å². The number of hydrogen-bond donors (Lipinski definition) is 3. The lowest BCUT2D eigenvalue weighted by atomic mass is 9.78. The number of rotatable bonds is 5. The van der Waals surface area contributed by atoms with Crippen molar-refractivity contribution >= 4 is 17.2 Å². The van der Waals surface area contributed by atoms with E-state index in [4.69, 9.17) is 14.2 Å². The summed E-state index contributed by atoms with van der Waals surface area (Å²) in [6, 6.07) is 18.8. The van der Waals surface area contributed by atoms with Gasteiger partial charge in [0.2, 0.25) is 5.75 Å². The molecule has 3 aromatic rings. The smallest absolute Gasteiger partial charge is 0.200 e. The number of hydrogen-bond acceptors (Lipinski definition) is 7. The summed E-state index contributed by atoms with van der Waals surface area (Å²) in [5, 5.41) is 17.5. The molecule has 0 saturated carbocycles. The molecule has 0 fully saturated rings. The van der Waals surface area contributed by atoms with Crippen LogP contribution in [0.25, 0.3) is 0 Å². The Labute approximate surface area is 204 Å². The second kappa shape index (κ2) is 9.25. The number of fused-ring (bicyclic) bond motifs is 1. The Morgan fingerprint density at radius 3 is 2.11 bits per heavy atom. The molecule has 1 heterocycles. The van der Waals surface area contributed by atoms with E-state index in [-0.39, 0.29) is 28.9 Å². The van der Waals surface area contributed by atoms with E-state index in [0.29, 0.717) is 18.4 Å². The van der Waals surface area contributed by atoms with Crippen molar-refractivity contribution in [3.05, 3.63) is 83.1 Å². The number of Topliss-reactive ketones (excluding diaryl/α,β-unsaturated/α-hetero) is 1. The average molecular weight is 473 g/mol. The van der Waals surface area contributed by atoms with E-state index in [1.54, 1.807) is 19.2 Å². The van der Waals surface area contributed by atoms with Gasteiger partial charge in [-0.25, -0.2) is 0 Å². The zero-order chi connectivity index (χ0) is 24.5. The van der Waals surface area contributed by atoms with Gasteiger partial charge in [-0.2, -0.15) is 0 Å². The second-order valence-corrected chi connectivity index (χ2v) is 8.72. The Balaban J connectivity index is 1.62. The SMILES string of the molecule is COc1ccc([C@@H]2CC(=O)C3=C(C2)Nc2ccccc2N[C@H]3c2cc(OC)c(O)c(OC)c2)cc1. The highest BCUT2D eigenvalue weighted by Gasteiger charge is 2.36. The third kappa shape index (κ3) is 4.14. The van der Waals surface area contributed by atoms with Crippen molar-refractivity contribution in [1.82, 2.24) is 0 Å². The highest BCUT2D eigenvalue weighted by molar-refractivity contribution is 6.01. The van der Waals surface area contributed by atoms with Gasteiger partial charge in [-0.3, -0.25) is 4.79 Å². The molecule has 2 aliphatic rings. The Hall–Kier alpha value is -4.13. The van der Waals surface area contributed by atoms with Crippen LogP contribution in [0.5, 0.6) is 23.0 Å². The molecule has 1 aliphatic heterocycles. The van der Waals surface area contributed by atoms with Gasteiger partial charge in [-0.1, -0.05) is 24.3 Å². The number of ketones is 1. The monoisotopic (exact) mass is 472 g/mol. The number of phenols is 1. The number of benzene rings is 3. The first-order valence-corrected chi connectivity index (χ1v) is 11.5. The van der Waals surface area contributed by atoms with Crippen LogP contribution < -0.4 is 24.8 Å². The van der Waals surface area contributed by atoms with Crippen molar-refractivity contribution in [2.45, 2.75) is 24.8 Å². The Kier molecular flexibility index (Phi) is 5.99. The lowest BCUT2D eigenvalue weighted by molar-refractivity contribution is -0.116. The highest BCUT2D eigenvalue weighted by Crippen LogP contribution is 2.47. The number of carbonyl (C=O) groups is 1. The third-order valence-electron chi connectivity index (χ3n) is 6.73. The van der Waals surface area contributed by atoms with Gasteiger partial charge in [0.05, 0.1) is 38.7 Å². The number of allylic oxidation sites excluding steroid dienone is 1. The van der Waals surface area contributed by atoms with E-state index in [2.05, 4.69) is 10.6 Å². The standard InChI is InChI=1S/C28H28N2O5/c1-33-19-10-8-16(9-11-19)17-12-22-26(23(31)13-17)27(30-21-7-5-4-6-20(21)29-22)18-14-24(34-2)28(32)25(15-18)35-3/h4-11,14-15,17,27,29-30,32H,12-13H2,1-3H3/t17-,27-/m0/s1. The van der Waals surface area contributed by atoms with Crippen LogP contribution in [-0.4, -0.2) is 32.2 Å². The lowest BCUT2D eigenvalue weighted by Crippen LogP contribution is -2.27. The van der Waals surface area contributed by atoms with E-state index in [1.165, 1.54) is 14.2 Å². The summed E-state index contributed by atoms with van der Waals surface area (Å²) in [4.78, 5) is 13.7. The molecule has 1 aliphatic carbocycles. The quantitative estimate of drug-likeness (QED) is 0.458. The largest absolute Gasteiger partial charge is 0.502 e. The van der Waals surface area contributed by atoms with Crippen LogP contribution in [0.15, 0.2) is 71.9 Å². The molecule has 0 saturated heterocycles.